The molecule has 2 amide bonds. The molecule has 3 heterocycles. The first-order valence-corrected chi connectivity index (χ1v) is 10.5. The predicted octanol–water partition coefficient (Wildman–Crippen LogP) is 4.40. The van der Waals surface area contributed by atoms with E-state index >= 15 is 0 Å². The number of nitrogens with one attached hydrogen (secondary N) is 3. The number of carbonyl (C=O) groups is 1. The van der Waals surface area contributed by atoms with Gasteiger partial charge in [-0.15, -0.1) is 0 Å². The minimum atomic E-state index is -0.407. The molecule has 5 rings (SSSR count). The summed E-state index contributed by atoms with van der Waals surface area (Å²) in [6.07, 6.45) is 7.07. The highest BCUT2D eigenvalue weighted by Crippen LogP contribution is 2.48. The van der Waals surface area contributed by atoms with E-state index in [1.807, 2.05) is 31.4 Å². The third-order valence-electron chi connectivity index (χ3n) is 5.96. The normalized spacial score (nSPS) is 17.9. The molecule has 2 aromatic heterocycles. The van der Waals surface area contributed by atoms with Crippen molar-refractivity contribution in [2.75, 3.05) is 5.32 Å². The number of urea groups is 1. The van der Waals surface area contributed by atoms with Gasteiger partial charge in [-0.1, -0.05) is 30.9 Å². The molecule has 1 aliphatic heterocycles. The van der Waals surface area contributed by atoms with E-state index in [2.05, 4.69) is 21.0 Å². The Morgan fingerprint density at radius 1 is 1.28 bits per heavy atom. The molecule has 152 valence electrons. The number of hydrogen-bond donors (Lipinski definition) is 3. The topological polar surface area (TPSA) is 84.1 Å². The lowest BCUT2D eigenvalue weighted by Crippen LogP contribution is -2.52. The smallest absolute Gasteiger partial charge is 0.319 e. The summed E-state index contributed by atoms with van der Waals surface area (Å²) >= 11 is 6.57. The van der Waals surface area contributed by atoms with Crippen LogP contribution in [0.5, 0.6) is 0 Å². The van der Waals surface area contributed by atoms with E-state index < -0.39 is 5.54 Å². The summed E-state index contributed by atoms with van der Waals surface area (Å²) < 4.78 is 8.08. The van der Waals surface area contributed by atoms with Gasteiger partial charge in [0.25, 0.3) is 0 Å². The maximum atomic E-state index is 12.3. The molecule has 0 atom stereocenters. The number of anilines is 1. The van der Waals surface area contributed by atoms with Gasteiger partial charge in [-0.3, -0.25) is 4.68 Å². The molecule has 1 aromatic carbocycles. The first-order chi connectivity index (χ1) is 14.0. The van der Waals surface area contributed by atoms with Crippen molar-refractivity contribution in [1.29, 1.82) is 0 Å². The van der Waals surface area contributed by atoms with Crippen molar-refractivity contribution in [3.63, 3.8) is 0 Å². The summed E-state index contributed by atoms with van der Waals surface area (Å²) in [7, 11) is 1.91. The van der Waals surface area contributed by atoms with E-state index in [4.69, 9.17) is 16.0 Å². The lowest BCUT2D eigenvalue weighted by atomic mass is 9.74. The van der Waals surface area contributed by atoms with Crippen molar-refractivity contribution in [1.82, 2.24) is 20.4 Å². The maximum Gasteiger partial charge on any atom is 0.319 e. The van der Waals surface area contributed by atoms with Crippen molar-refractivity contribution in [2.45, 2.75) is 50.7 Å². The van der Waals surface area contributed by atoms with Crippen molar-refractivity contribution in [3.05, 3.63) is 46.4 Å². The lowest BCUT2D eigenvalue weighted by molar-refractivity contribution is 0.209. The molecule has 1 aliphatic carbocycles. The first kappa shape index (κ1) is 18.5. The molecule has 0 unspecified atom stereocenters. The number of nitrogens with zero attached hydrogens (tertiary/aromatic N) is 2. The molecule has 0 radical (unpaired) electrons. The highest BCUT2D eigenvalue weighted by Gasteiger charge is 2.43. The average Bonchev–Trinajstić information content (AvgIpc) is 3.28. The molecule has 3 N–H and O–H groups in total. The quantitative estimate of drug-likeness (QED) is 0.591. The zero-order valence-corrected chi connectivity index (χ0v) is 17.1. The molecular weight excluding hydrogens is 390 g/mol. The van der Waals surface area contributed by atoms with Gasteiger partial charge < -0.3 is 20.4 Å². The predicted molar refractivity (Wildman–Crippen MR) is 112 cm³/mol. The highest BCUT2D eigenvalue weighted by molar-refractivity contribution is 6.35. The van der Waals surface area contributed by atoms with Crippen LogP contribution in [0.1, 0.15) is 49.1 Å². The Kier molecular flexibility index (Phi) is 4.52. The molecule has 29 heavy (non-hydrogen) atoms. The van der Waals surface area contributed by atoms with Crippen molar-refractivity contribution in [2.24, 2.45) is 7.05 Å². The fourth-order valence-electron chi connectivity index (χ4n) is 4.69. The standard InChI is InChI=1S/C21H24ClN5O2/c1-27-8-5-14(26-27)11-23-12-15-9-13-10-16(22)18-17(19(13)29-15)21(25-20(28)24-18)6-3-2-4-7-21/h5,8-10,23H,2-4,6-7,11-12H2,1H3,(H2,24,25,28). The summed E-state index contributed by atoms with van der Waals surface area (Å²) in [6, 6.07) is 5.70. The van der Waals surface area contributed by atoms with E-state index in [1.165, 1.54) is 6.42 Å². The van der Waals surface area contributed by atoms with Crippen LogP contribution in [0.2, 0.25) is 5.02 Å². The van der Waals surface area contributed by atoms with Crippen molar-refractivity contribution in [3.8, 4) is 0 Å². The molecule has 1 fully saturated rings. The van der Waals surface area contributed by atoms with E-state index in [9.17, 15) is 4.79 Å². The molecule has 0 saturated heterocycles. The van der Waals surface area contributed by atoms with Gasteiger partial charge in [0.2, 0.25) is 0 Å². The van der Waals surface area contributed by atoms with Crippen LogP contribution in [-0.4, -0.2) is 15.8 Å². The Morgan fingerprint density at radius 2 is 2.10 bits per heavy atom. The molecule has 3 aromatic rings. The molecule has 0 bridgehead atoms. The van der Waals surface area contributed by atoms with Gasteiger partial charge in [0.1, 0.15) is 11.3 Å². The van der Waals surface area contributed by atoms with Crippen LogP contribution in [0.25, 0.3) is 11.0 Å². The van der Waals surface area contributed by atoms with Crippen LogP contribution in [0.15, 0.2) is 28.8 Å². The average molecular weight is 414 g/mol. The third kappa shape index (κ3) is 3.28. The summed E-state index contributed by atoms with van der Waals surface area (Å²) in [5.74, 6) is 0.836. The van der Waals surface area contributed by atoms with Crippen LogP contribution >= 0.6 is 11.6 Å². The third-order valence-corrected chi connectivity index (χ3v) is 6.26. The van der Waals surface area contributed by atoms with Gasteiger partial charge in [-0.25, -0.2) is 4.79 Å². The van der Waals surface area contributed by atoms with Crippen LogP contribution in [-0.2, 0) is 25.7 Å². The van der Waals surface area contributed by atoms with Crippen LogP contribution in [0, 0.1) is 0 Å². The Bertz CT molecular complexity index is 1080. The summed E-state index contributed by atoms with van der Waals surface area (Å²) in [5.41, 5.74) is 3.07. The Balaban J connectivity index is 1.49. The molecule has 2 aliphatic rings. The van der Waals surface area contributed by atoms with E-state index in [-0.39, 0.29) is 6.03 Å². The Hall–Kier alpha value is -2.51. The molecule has 1 spiro atoms. The van der Waals surface area contributed by atoms with Gasteiger partial charge in [0, 0.05) is 30.7 Å². The van der Waals surface area contributed by atoms with Crippen LogP contribution in [0.3, 0.4) is 0 Å². The van der Waals surface area contributed by atoms with Gasteiger partial charge >= 0.3 is 6.03 Å². The lowest BCUT2D eigenvalue weighted by Gasteiger charge is -2.42. The minimum absolute atomic E-state index is 0.190. The van der Waals surface area contributed by atoms with Gasteiger partial charge in [0.15, 0.2) is 0 Å². The van der Waals surface area contributed by atoms with E-state index in [0.717, 1.165) is 53.7 Å². The summed E-state index contributed by atoms with van der Waals surface area (Å²) in [6.45, 7) is 1.25. The Morgan fingerprint density at radius 3 is 2.86 bits per heavy atom. The molecule has 8 heteroatoms. The number of benzene rings is 1. The fourth-order valence-corrected chi connectivity index (χ4v) is 4.95. The Labute approximate surface area is 173 Å². The number of halogens is 1. The highest BCUT2D eigenvalue weighted by atomic mass is 35.5. The first-order valence-electron chi connectivity index (χ1n) is 10.1. The fraction of sp³-hybridized carbons (Fsp3) is 0.429. The second kappa shape index (κ2) is 7.07. The summed E-state index contributed by atoms with van der Waals surface area (Å²) in [5, 5.41) is 15.4. The minimum Gasteiger partial charge on any atom is -0.459 e. The monoisotopic (exact) mass is 413 g/mol. The van der Waals surface area contributed by atoms with Gasteiger partial charge in [0.05, 0.1) is 28.5 Å². The van der Waals surface area contributed by atoms with Crippen LogP contribution < -0.4 is 16.0 Å². The van der Waals surface area contributed by atoms with Crippen molar-refractivity contribution < 1.29 is 9.21 Å². The van der Waals surface area contributed by atoms with Gasteiger partial charge in [-0.2, -0.15) is 5.10 Å². The number of rotatable bonds is 4. The number of amides is 2. The summed E-state index contributed by atoms with van der Waals surface area (Å²) in [4.78, 5) is 12.3. The molecular formula is C21H24ClN5O2. The molecule has 1 saturated carbocycles. The second-order valence-corrected chi connectivity index (χ2v) is 8.45. The zero-order valence-electron chi connectivity index (χ0n) is 16.3. The number of aromatic nitrogens is 2. The second-order valence-electron chi connectivity index (χ2n) is 8.05. The largest absolute Gasteiger partial charge is 0.459 e. The number of fused-ring (bicyclic) bond motifs is 4. The van der Waals surface area contributed by atoms with E-state index in [1.54, 1.807) is 4.68 Å². The maximum absolute atomic E-state index is 12.3. The molecule has 7 nitrogen and oxygen atoms in total. The van der Waals surface area contributed by atoms with Crippen LogP contribution in [0.4, 0.5) is 10.5 Å². The number of furan rings is 1. The SMILES string of the molecule is Cn1ccc(CNCc2cc3cc(Cl)c4c(c3o2)C2(CCCCC2)NC(=O)N4)n1. The van der Waals surface area contributed by atoms with E-state index in [0.29, 0.717) is 23.8 Å². The number of aryl methyl sites for hydroxylation is 1. The number of carbonyl (C=O) groups excluding carboxylic acids is 1. The zero-order chi connectivity index (χ0) is 20.0. The number of hydrogen-bond acceptors (Lipinski definition) is 4. The van der Waals surface area contributed by atoms with Crippen molar-refractivity contribution >= 4 is 34.3 Å². The van der Waals surface area contributed by atoms with Gasteiger partial charge in [-0.05, 0) is 31.0 Å².